The minimum Gasteiger partial charge on any atom is -0.355 e. The second-order valence-electron chi connectivity index (χ2n) is 8.11. The zero-order valence-corrected chi connectivity index (χ0v) is 19.5. The third-order valence-corrected chi connectivity index (χ3v) is 7.82. The molecule has 0 radical (unpaired) electrons. The van der Waals surface area contributed by atoms with Crippen LogP contribution in [0.2, 0.25) is 0 Å². The lowest BCUT2D eigenvalue weighted by Gasteiger charge is -2.30. The SMILES string of the molecule is Cc1noc(C=Cc2ccccc2F)c1S(=O)(=O)N1CCC(C(=O)Nc2cc(F)ccc2F)CC1. The number of benzene rings is 2. The van der Waals surface area contributed by atoms with E-state index in [4.69, 9.17) is 4.52 Å². The maximum Gasteiger partial charge on any atom is 0.248 e. The second kappa shape index (κ2) is 10.0. The molecule has 0 bridgehead atoms. The predicted octanol–water partition coefficient (Wildman–Crippen LogP) is 4.61. The fourth-order valence-electron chi connectivity index (χ4n) is 3.89. The van der Waals surface area contributed by atoms with Gasteiger partial charge in [0, 0.05) is 30.6 Å². The molecule has 0 atom stereocenters. The molecular formula is C24H22F3N3O4S. The van der Waals surface area contributed by atoms with E-state index in [1.165, 1.54) is 35.5 Å². The summed E-state index contributed by atoms with van der Waals surface area (Å²) in [6.07, 6.45) is 3.12. The molecule has 0 spiro atoms. The zero-order chi connectivity index (χ0) is 25.2. The van der Waals surface area contributed by atoms with E-state index < -0.39 is 39.3 Å². The van der Waals surface area contributed by atoms with E-state index in [0.29, 0.717) is 0 Å². The van der Waals surface area contributed by atoms with Gasteiger partial charge < -0.3 is 9.84 Å². The lowest BCUT2D eigenvalue weighted by atomic mass is 9.97. The van der Waals surface area contributed by atoms with Crippen molar-refractivity contribution in [3.63, 3.8) is 0 Å². The van der Waals surface area contributed by atoms with Gasteiger partial charge in [-0.15, -0.1) is 0 Å². The molecule has 1 N–H and O–H groups in total. The van der Waals surface area contributed by atoms with Crippen molar-refractivity contribution >= 4 is 33.8 Å². The van der Waals surface area contributed by atoms with Crippen molar-refractivity contribution in [2.24, 2.45) is 5.92 Å². The van der Waals surface area contributed by atoms with E-state index in [-0.39, 0.29) is 53.5 Å². The number of carbonyl (C=O) groups excluding carboxylic acids is 1. The second-order valence-corrected chi connectivity index (χ2v) is 9.98. The van der Waals surface area contributed by atoms with Gasteiger partial charge in [0.05, 0.1) is 5.69 Å². The molecule has 1 aliphatic heterocycles. The molecule has 1 aromatic heterocycles. The normalized spacial score (nSPS) is 15.5. The number of hydrogen-bond acceptors (Lipinski definition) is 5. The van der Waals surface area contributed by atoms with Crippen LogP contribution in [0.1, 0.15) is 29.9 Å². The van der Waals surface area contributed by atoms with E-state index in [2.05, 4.69) is 10.5 Å². The van der Waals surface area contributed by atoms with Crippen LogP contribution in [-0.4, -0.2) is 36.9 Å². The Bertz CT molecular complexity index is 1380. The highest BCUT2D eigenvalue weighted by Gasteiger charge is 2.36. The number of piperidine rings is 1. The summed E-state index contributed by atoms with van der Waals surface area (Å²) < 4.78 is 74.2. The van der Waals surface area contributed by atoms with Gasteiger partial charge in [0.1, 0.15) is 23.1 Å². The van der Waals surface area contributed by atoms with Gasteiger partial charge in [-0.25, -0.2) is 21.6 Å². The number of nitrogens with one attached hydrogen (secondary N) is 1. The predicted molar refractivity (Wildman–Crippen MR) is 123 cm³/mol. The summed E-state index contributed by atoms with van der Waals surface area (Å²) in [6.45, 7) is 1.56. The van der Waals surface area contributed by atoms with Crippen LogP contribution in [0.3, 0.4) is 0 Å². The molecule has 3 aromatic rings. The fraction of sp³-hybridized carbons (Fsp3) is 0.250. The van der Waals surface area contributed by atoms with Gasteiger partial charge in [-0.3, -0.25) is 4.79 Å². The fourth-order valence-corrected chi connectivity index (χ4v) is 5.61. The molecular weight excluding hydrogens is 483 g/mol. The highest BCUT2D eigenvalue weighted by molar-refractivity contribution is 7.89. The average Bonchev–Trinajstić information content (AvgIpc) is 3.22. The standard InChI is InChI=1S/C24H22F3N3O4S/c1-15-23(22(34-29-15)9-6-16-4-2-3-5-19(16)26)35(32,33)30-12-10-17(11-13-30)24(31)28-21-14-18(25)7-8-20(21)27/h2-9,14,17H,10-13H2,1H3,(H,28,31). The van der Waals surface area contributed by atoms with Gasteiger partial charge in [-0.05, 0) is 50.1 Å². The van der Waals surface area contributed by atoms with Crippen LogP contribution < -0.4 is 5.32 Å². The first-order valence-corrected chi connectivity index (χ1v) is 12.3. The Labute approximate surface area is 200 Å². The van der Waals surface area contributed by atoms with Crippen molar-refractivity contribution in [3.05, 3.63) is 76.9 Å². The first-order valence-electron chi connectivity index (χ1n) is 10.8. The van der Waals surface area contributed by atoms with Crippen molar-refractivity contribution < 1.29 is 30.9 Å². The summed E-state index contributed by atoms with van der Waals surface area (Å²) in [6, 6.07) is 8.76. The average molecular weight is 506 g/mol. The molecule has 184 valence electrons. The number of rotatable bonds is 6. The Morgan fingerprint density at radius 2 is 1.80 bits per heavy atom. The minimum absolute atomic E-state index is 0.0349. The van der Waals surface area contributed by atoms with Crippen LogP contribution in [0.25, 0.3) is 12.2 Å². The molecule has 11 heteroatoms. The Balaban J connectivity index is 1.46. The Kier molecular flexibility index (Phi) is 7.08. The molecule has 0 unspecified atom stereocenters. The van der Waals surface area contributed by atoms with Crippen LogP contribution in [0, 0.1) is 30.3 Å². The summed E-state index contributed by atoms with van der Waals surface area (Å²) in [5, 5.41) is 6.13. The van der Waals surface area contributed by atoms with Crippen molar-refractivity contribution in [2.45, 2.75) is 24.7 Å². The zero-order valence-electron chi connectivity index (χ0n) is 18.7. The van der Waals surface area contributed by atoms with Crippen LogP contribution in [0.5, 0.6) is 0 Å². The number of nitrogens with zero attached hydrogens (tertiary/aromatic N) is 2. The maximum atomic E-state index is 13.9. The quantitative estimate of drug-likeness (QED) is 0.528. The minimum atomic E-state index is -4.02. The molecule has 7 nitrogen and oxygen atoms in total. The van der Waals surface area contributed by atoms with Crippen LogP contribution in [0.4, 0.5) is 18.9 Å². The van der Waals surface area contributed by atoms with Crippen molar-refractivity contribution in [2.75, 3.05) is 18.4 Å². The molecule has 1 aliphatic rings. The van der Waals surface area contributed by atoms with Gasteiger partial charge in [-0.2, -0.15) is 4.31 Å². The number of halogens is 3. The first-order chi connectivity index (χ1) is 16.7. The summed E-state index contributed by atoms with van der Waals surface area (Å²) in [7, 11) is -4.02. The lowest BCUT2D eigenvalue weighted by molar-refractivity contribution is -0.120. The van der Waals surface area contributed by atoms with E-state index >= 15 is 0 Å². The van der Waals surface area contributed by atoms with E-state index in [1.807, 2.05) is 0 Å². The summed E-state index contributed by atoms with van der Waals surface area (Å²) >= 11 is 0. The van der Waals surface area contributed by atoms with Gasteiger partial charge >= 0.3 is 0 Å². The molecule has 1 saturated heterocycles. The van der Waals surface area contributed by atoms with Crippen LogP contribution in [-0.2, 0) is 14.8 Å². The molecule has 35 heavy (non-hydrogen) atoms. The largest absolute Gasteiger partial charge is 0.355 e. The monoisotopic (exact) mass is 505 g/mol. The number of amides is 1. The van der Waals surface area contributed by atoms with E-state index in [9.17, 15) is 26.4 Å². The molecule has 2 aromatic carbocycles. The third kappa shape index (κ3) is 5.30. The molecule has 1 amide bonds. The number of sulfonamides is 1. The van der Waals surface area contributed by atoms with Crippen LogP contribution in [0.15, 0.2) is 51.9 Å². The van der Waals surface area contributed by atoms with Crippen molar-refractivity contribution in [1.29, 1.82) is 0 Å². The van der Waals surface area contributed by atoms with Crippen molar-refractivity contribution in [3.8, 4) is 0 Å². The van der Waals surface area contributed by atoms with Gasteiger partial charge in [0.25, 0.3) is 0 Å². The number of anilines is 1. The highest BCUT2D eigenvalue weighted by atomic mass is 32.2. The maximum absolute atomic E-state index is 13.9. The smallest absolute Gasteiger partial charge is 0.248 e. The number of hydrogen-bond donors (Lipinski definition) is 1. The van der Waals surface area contributed by atoms with Crippen molar-refractivity contribution in [1.82, 2.24) is 9.46 Å². The molecule has 1 fully saturated rings. The Morgan fingerprint density at radius 1 is 1.09 bits per heavy atom. The number of aryl methyl sites for hydroxylation is 1. The lowest BCUT2D eigenvalue weighted by Crippen LogP contribution is -2.41. The summed E-state index contributed by atoms with van der Waals surface area (Å²) in [5.74, 6) is -3.05. The van der Waals surface area contributed by atoms with Gasteiger partial charge in [0.2, 0.25) is 15.9 Å². The number of carbonyl (C=O) groups is 1. The van der Waals surface area contributed by atoms with Gasteiger partial charge in [0.15, 0.2) is 10.7 Å². The highest BCUT2D eigenvalue weighted by Crippen LogP contribution is 2.30. The van der Waals surface area contributed by atoms with Crippen LogP contribution >= 0.6 is 0 Å². The Morgan fingerprint density at radius 3 is 2.51 bits per heavy atom. The topological polar surface area (TPSA) is 92.5 Å². The molecule has 4 rings (SSSR count). The molecule has 0 aliphatic carbocycles. The van der Waals surface area contributed by atoms with Gasteiger partial charge in [-0.1, -0.05) is 23.4 Å². The van der Waals surface area contributed by atoms with E-state index in [0.717, 1.165) is 18.2 Å². The Hall–Kier alpha value is -3.44. The van der Waals surface area contributed by atoms with E-state index in [1.54, 1.807) is 12.1 Å². The molecule has 2 heterocycles. The summed E-state index contributed by atoms with van der Waals surface area (Å²) in [4.78, 5) is 12.4. The molecule has 0 saturated carbocycles. The number of aromatic nitrogens is 1. The summed E-state index contributed by atoms with van der Waals surface area (Å²) in [5.41, 5.74) is 0.141. The first kappa shape index (κ1) is 24.7. The third-order valence-electron chi connectivity index (χ3n) is 5.76.